The van der Waals surface area contributed by atoms with Crippen molar-refractivity contribution >= 4 is 11.4 Å². The second-order valence-corrected chi connectivity index (χ2v) is 5.91. The molecule has 3 atom stereocenters. The zero-order chi connectivity index (χ0) is 11.8. The van der Waals surface area contributed by atoms with Crippen LogP contribution in [0.15, 0.2) is 18.2 Å². The van der Waals surface area contributed by atoms with E-state index in [9.17, 15) is 0 Å². The second kappa shape index (κ2) is 4.25. The van der Waals surface area contributed by atoms with Crippen molar-refractivity contribution in [1.82, 2.24) is 0 Å². The van der Waals surface area contributed by atoms with E-state index in [-0.39, 0.29) is 0 Å². The van der Waals surface area contributed by atoms with Gasteiger partial charge in [0.25, 0.3) is 0 Å². The molecule has 3 rings (SSSR count). The van der Waals surface area contributed by atoms with E-state index in [1.165, 1.54) is 31.2 Å². The Labute approximate surface area is 104 Å². The van der Waals surface area contributed by atoms with Gasteiger partial charge in [-0.05, 0) is 61.6 Å². The molecule has 0 radical (unpaired) electrons. The molecule has 2 nitrogen and oxygen atoms in total. The van der Waals surface area contributed by atoms with Gasteiger partial charge < -0.3 is 11.1 Å². The summed E-state index contributed by atoms with van der Waals surface area (Å²) in [6.07, 6.45) is 5.85. The smallest absolute Gasteiger partial charge is 0.0574 e. The first-order valence-corrected chi connectivity index (χ1v) is 6.82. The quantitative estimate of drug-likeness (QED) is 0.781. The maximum Gasteiger partial charge on any atom is 0.0574 e. The molecule has 3 unspecified atom stereocenters. The van der Waals surface area contributed by atoms with Crippen molar-refractivity contribution in [2.45, 2.75) is 32.6 Å². The molecule has 0 amide bonds. The highest BCUT2D eigenvalue weighted by Gasteiger charge is 2.38. The molecule has 2 bridgehead atoms. The molecular weight excluding hydrogens is 208 g/mol. The normalized spacial score (nSPS) is 30.8. The Morgan fingerprint density at radius 2 is 2.18 bits per heavy atom. The number of benzene rings is 1. The summed E-state index contributed by atoms with van der Waals surface area (Å²) in [6, 6.07) is 6.28. The molecule has 2 aliphatic carbocycles. The van der Waals surface area contributed by atoms with E-state index in [1.807, 2.05) is 6.07 Å². The van der Waals surface area contributed by atoms with Gasteiger partial charge in [-0.15, -0.1) is 0 Å². The van der Waals surface area contributed by atoms with Gasteiger partial charge in [0, 0.05) is 6.54 Å². The van der Waals surface area contributed by atoms with E-state index in [0.29, 0.717) is 0 Å². The maximum absolute atomic E-state index is 6.02. The van der Waals surface area contributed by atoms with Gasteiger partial charge in [-0.25, -0.2) is 0 Å². The molecule has 0 heterocycles. The number of hydrogen-bond acceptors (Lipinski definition) is 2. The fourth-order valence-corrected chi connectivity index (χ4v) is 3.71. The topological polar surface area (TPSA) is 38.0 Å². The molecule has 1 aromatic rings. The molecular formula is C15H22N2. The first kappa shape index (κ1) is 10.9. The number of aryl methyl sites for hydroxylation is 1. The number of anilines is 2. The summed E-state index contributed by atoms with van der Waals surface area (Å²) < 4.78 is 0. The van der Waals surface area contributed by atoms with Gasteiger partial charge in [0.15, 0.2) is 0 Å². The van der Waals surface area contributed by atoms with E-state index in [1.54, 1.807) is 0 Å². The fraction of sp³-hybridized carbons (Fsp3) is 0.600. The average molecular weight is 230 g/mol. The van der Waals surface area contributed by atoms with Crippen molar-refractivity contribution < 1.29 is 0 Å². The molecule has 17 heavy (non-hydrogen) atoms. The van der Waals surface area contributed by atoms with Crippen LogP contribution in [0.3, 0.4) is 0 Å². The van der Waals surface area contributed by atoms with Crippen LogP contribution in [-0.4, -0.2) is 6.54 Å². The lowest BCUT2D eigenvalue weighted by molar-refractivity contribution is 0.348. The highest BCUT2D eigenvalue weighted by Crippen LogP contribution is 2.48. The van der Waals surface area contributed by atoms with Crippen LogP contribution in [0.1, 0.15) is 31.2 Å². The minimum Gasteiger partial charge on any atom is -0.397 e. The largest absolute Gasteiger partial charge is 0.397 e. The SMILES string of the molecule is Cc1ccc(NCC2CC3CCC2C3)c(N)c1. The summed E-state index contributed by atoms with van der Waals surface area (Å²) in [4.78, 5) is 0. The third kappa shape index (κ3) is 2.13. The predicted octanol–water partition coefficient (Wildman–Crippen LogP) is 3.43. The summed E-state index contributed by atoms with van der Waals surface area (Å²) >= 11 is 0. The first-order valence-electron chi connectivity index (χ1n) is 6.82. The first-order chi connectivity index (χ1) is 8.22. The van der Waals surface area contributed by atoms with Gasteiger partial charge in [0.2, 0.25) is 0 Å². The van der Waals surface area contributed by atoms with Gasteiger partial charge in [0.05, 0.1) is 11.4 Å². The summed E-state index contributed by atoms with van der Waals surface area (Å²) in [7, 11) is 0. The number of nitrogen functional groups attached to an aromatic ring is 1. The van der Waals surface area contributed by atoms with Crippen LogP contribution in [0.2, 0.25) is 0 Å². The molecule has 1 aromatic carbocycles. The van der Waals surface area contributed by atoms with Crippen LogP contribution in [0.5, 0.6) is 0 Å². The van der Waals surface area contributed by atoms with Crippen molar-refractivity contribution in [3.05, 3.63) is 23.8 Å². The number of nitrogens with one attached hydrogen (secondary N) is 1. The standard InChI is InChI=1S/C15H22N2/c1-10-2-5-15(14(16)6-10)17-9-13-8-11-3-4-12(13)7-11/h2,5-6,11-13,17H,3-4,7-9,16H2,1H3. The lowest BCUT2D eigenvalue weighted by Gasteiger charge is -2.22. The van der Waals surface area contributed by atoms with Crippen molar-refractivity contribution in [2.24, 2.45) is 17.8 Å². The molecule has 2 fully saturated rings. The lowest BCUT2D eigenvalue weighted by Crippen LogP contribution is -2.20. The molecule has 0 aliphatic heterocycles. The maximum atomic E-state index is 6.02. The van der Waals surface area contributed by atoms with Crippen LogP contribution < -0.4 is 11.1 Å². The van der Waals surface area contributed by atoms with Crippen molar-refractivity contribution in [1.29, 1.82) is 0 Å². The lowest BCUT2D eigenvalue weighted by atomic mass is 9.89. The molecule has 3 N–H and O–H groups in total. The van der Waals surface area contributed by atoms with Gasteiger partial charge in [0.1, 0.15) is 0 Å². The van der Waals surface area contributed by atoms with E-state index in [4.69, 9.17) is 5.73 Å². The second-order valence-electron chi connectivity index (χ2n) is 5.91. The minimum atomic E-state index is 0.883. The third-order valence-electron chi connectivity index (χ3n) is 4.65. The van der Waals surface area contributed by atoms with Crippen LogP contribution in [0.4, 0.5) is 11.4 Å². The summed E-state index contributed by atoms with van der Waals surface area (Å²) in [5.74, 6) is 2.90. The van der Waals surface area contributed by atoms with Gasteiger partial charge in [-0.3, -0.25) is 0 Å². The van der Waals surface area contributed by atoms with E-state index >= 15 is 0 Å². The monoisotopic (exact) mass is 230 g/mol. The van der Waals surface area contributed by atoms with Gasteiger partial charge in [-0.1, -0.05) is 12.5 Å². The Hall–Kier alpha value is -1.18. The zero-order valence-corrected chi connectivity index (χ0v) is 10.6. The van der Waals surface area contributed by atoms with Crippen molar-refractivity contribution in [3.63, 3.8) is 0 Å². The van der Waals surface area contributed by atoms with Crippen LogP contribution in [0.25, 0.3) is 0 Å². The Morgan fingerprint density at radius 3 is 2.82 bits per heavy atom. The summed E-state index contributed by atoms with van der Waals surface area (Å²) in [5, 5.41) is 3.54. The van der Waals surface area contributed by atoms with Crippen molar-refractivity contribution in [3.8, 4) is 0 Å². The molecule has 2 aliphatic rings. The van der Waals surface area contributed by atoms with Crippen LogP contribution >= 0.6 is 0 Å². The molecule has 0 spiro atoms. The molecule has 0 aromatic heterocycles. The molecule has 2 saturated carbocycles. The van der Waals surface area contributed by atoms with Gasteiger partial charge >= 0.3 is 0 Å². The van der Waals surface area contributed by atoms with E-state index in [2.05, 4.69) is 24.4 Å². The van der Waals surface area contributed by atoms with E-state index < -0.39 is 0 Å². The zero-order valence-electron chi connectivity index (χ0n) is 10.6. The molecule has 92 valence electrons. The van der Waals surface area contributed by atoms with E-state index in [0.717, 1.165) is 35.7 Å². The number of hydrogen-bond donors (Lipinski definition) is 2. The fourth-order valence-electron chi connectivity index (χ4n) is 3.71. The molecule has 0 saturated heterocycles. The number of nitrogens with two attached hydrogens (primary N) is 1. The average Bonchev–Trinajstić information content (AvgIpc) is 2.89. The Bertz CT molecular complexity index is 413. The van der Waals surface area contributed by atoms with Gasteiger partial charge in [-0.2, -0.15) is 0 Å². The summed E-state index contributed by atoms with van der Waals surface area (Å²) in [5.41, 5.74) is 9.24. The highest BCUT2D eigenvalue weighted by atomic mass is 14.9. The number of rotatable bonds is 3. The van der Waals surface area contributed by atoms with Crippen LogP contribution in [-0.2, 0) is 0 Å². The highest BCUT2D eigenvalue weighted by molar-refractivity contribution is 5.66. The Balaban J connectivity index is 1.60. The summed E-state index contributed by atoms with van der Waals surface area (Å²) in [6.45, 7) is 3.19. The Kier molecular flexibility index (Phi) is 2.73. The third-order valence-corrected chi connectivity index (χ3v) is 4.65. The number of fused-ring (bicyclic) bond motifs is 2. The Morgan fingerprint density at radius 1 is 1.29 bits per heavy atom. The molecule has 2 heteroatoms. The van der Waals surface area contributed by atoms with Crippen LogP contribution in [0, 0.1) is 24.7 Å². The van der Waals surface area contributed by atoms with Crippen molar-refractivity contribution in [2.75, 3.05) is 17.6 Å². The predicted molar refractivity (Wildman–Crippen MR) is 73.0 cm³/mol. The minimum absolute atomic E-state index is 0.883.